The average molecular weight is 175 g/mol. The Labute approximate surface area is 68.3 Å². The van der Waals surface area contributed by atoms with Gasteiger partial charge in [0.1, 0.15) is 11.7 Å². The highest BCUT2D eigenvalue weighted by molar-refractivity contribution is 5.96. The molecule has 6 nitrogen and oxygen atoms in total. The summed E-state index contributed by atoms with van der Waals surface area (Å²) in [5.41, 5.74) is 0. The lowest BCUT2D eigenvalue weighted by Crippen LogP contribution is -2.24. The Balaban J connectivity index is 4.06. The van der Waals surface area contributed by atoms with E-state index >= 15 is 0 Å². The predicted octanol–water partition coefficient (Wildman–Crippen LogP) is -0.0570. The van der Waals surface area contributed by atoms with Gasteiger partial charge in [-0.3, -0.25) is 19.7 Å². The third-order valence-electron chi connectivity index (χ3n) is 1.39. The normalized spacial score (nSPS) is 12.1. The Kier molecular flexibility index (Phi) is 3.89. The molecule has 0 spiro atoms. The fraction of sp³-hybridized carbons (Fsp3) is 0.667. The van der Waals surface area contributed by atoms with Crippen LogP contribution in [0.5, 0.6) is 0 Å². The molecule has 6 heteroatoms. The third-order valence-corrected chi connectivity index (χ3v) is 1.39. The minimum atomic E-state index is -1.30. The summed E-state index contributed by atoms with van der Waals surface area (Å²) in [4.78, 5) is 30.1. The van der Waals surface area contributed by atoms with Gasteiger partial charge in [0, 0.05) is 11.3 Å². The predicted molar refractivity (Wildman–Crippen MR) is 38.3 cm³/mol. The Morgan fingerprint density at radius 1 is 1.58 bits per heavy atom. The molecule has 0 radical (unpaired) electrons. The molecule has 0 aliphatic heterocycles. The first-order valence-corrected chi connectivity index (χ1v) is 3.30. The van der Waals surface area contributed by atoms with Gasteiger partial charge in [-0.15, -0.1) is 0 Å². The van der Waals surface area contributed by atoms with Crippen molar-refractivity contribution in [2.24, 2.45) is 5.92 Å². The van der Waals surface area contributed by atoms with Crippen molar-refractivity contribution in [2.45, 2.75) is 13.3 Å². The highest BCUT2D eigenvalue weighted by atomic mass is 16.6. The molecule has 0 saturated carbocycles. The van der Waals surface area contributed by atoms with Gasteiger partial charge < -0.3 is 5.11 Å². The van der Waals surface area contributed by atoms with E-state index in [9.17, 15) is 19.7 Å². The van der Waals surface area contributed by atoms with Crippen LogP contribution in [-0.4, -0.2) is 28.3 Å². The van der Waals surface area contributed by atoms with Crippen molar-refractivity contribution in [3.05, 3.63) is 10.1 Å². The molecule has 1 N–H and O–H groups in total. The average Bonchev–Trinajstić information content (AvgIpc) is 1.84. The van der Waals surface area contributed by atoms with E-state index in [2.05, 4.69) is 0 Å². The van der Waals surface area contributed by atoms with Crippen molar-refractivity contribution in [1.29, 1.82) is 0 Å². The van der Waals surface area contributed by atoms with Crippen molar-refractivity contribution in [3.8, 4) is 0 Å². The summed E-state index contributed by atoms with van der Waals surface area (Å²) in [6, 6.07) is 0. The van der Waals surface area contributed by atoms with Crippen molar-refractivity contribution >= 4 is 11.8 Å². The monoisotopic (exact) mass is 175 g/mol. The van der Waals surface area contributed by atoms with Gasteiger partial charge in [0.15, 0.2) is 0 Å². The zero-order valence-corrected chi connectivity index (χ0v) is 6.52. The van der Waals surface area contributed by atoms with E-state index in [4.69, 9.17) is 5.11 Å². The molecule has 68 valence electrons. The molecule has 0 bridgehead atoms. The number of hydrogen-bond acceptors (Lipinski definition) is 4. The van der Waals surface area contributed by atoms with Crippen LogP contribution in [0.2, 0.25) is 0 Å². The van der Waals surface area contributed by atoms with E-state index in [0.29, 0.717) is 0 Å². The summed E-state index contributed by atoms with van der Waals surface area (Å²) in [5.74, 6) is -3.09. The minimum Gasteiger partial charge on any atom is -0.481 e. The Morgan fingerprint density at radius 3 is 2.33 bits per heavy atom. The zero-order valence-electron chi connectivity index (χ0n) is 6.52. The SMILES string of the molecule is CC(=O)C(CC[N+](=O)[O-])C(=O)O. The van der Waals surface area contributed by atoms with Crippen LogP contribution in [0.25, 0.3) is 0 Å². The Bertz CT molecular complexity index is 198. The van der Waals surface area contributed by atoms with Crippen LogP contribution in [0.15, 0.2) is 0 Å². The number of carboxylic acids is 1. The summed E-state index contributed by atoms with van der Waals surface area (Å²) in [5, 5.41) is 18.3. The largest absolute Gasteiger partial charge is 0.481 e. The van der Waals surface area contributed by atoms with Gasteiger partial charge in [0.25, 0.3) is 0 Å². The molecule has 0 aromatic heterocycles. The molecule has 1 unspecified atom stereocenters. The van der Waals surface area contributed by atoms with Gasteiger partial charge in [-0.05, 0) is 6.92 Å². The number of hydrogen-bond donors (Lipinski definition) is 1. The van der Waals surface area contributed by atoms with Crippen LogP contribution < -0.4 is 0 Å². The number of Topliss-reactive ketones (excluding diaryl/α,β-unsaturated/α-hetero) is 1. The highest BCUT2D eigenvalue weighted by Crippen LogP contribution is 2.04. The first-order chi connectivity index (χ1) is 5.45. The van der Waals surface area contributed by atoms with Crippen LogP contribution in [0.1, 0.15) is 13.3 Å². The molecular weight excluding hydrogens is 166 g/mol. The molecule has 0 saturated heterocycles. The molecule has 0 aliphatic carbocycles. The molecular formula is C6H9NO5. The number of carboxylic acid groups (broad SMARTS) is 1. The van der Waals surface area contributed by atoms with Crippen LogP contribution in [0.3, 0.4) is 0 Å². The van der Waals surface area contributed by atoms with Crippen LogP contribution in [-0.2, 0) is 9.59 Å². The maximum Gasteiger partial charge on any atom is 0.314 e. The molecule has 0 heterocycles. The lowest BCUT2D eigenvalue weighted by atomic mass is 10.0. The first-order valence-electron chi connectivity index (χ1n) is 3.30. The number of nitrogens with zero attached hydrogens (tertiary/aromatic N) is 1. The molecule has 0 aromatic carbocycles. The van der Waals surface area contributed by atoms with Crippen molar-refractivity contribution in [3.63, 3.8) is 0 Å². The van der Waals surface area contributed by atoms with E-state index < -0.39 is 29.1 Å². The van der Waals surface area contributed by atoms with Gasteiger partial charge in [-0.25, -0.2) is 0 Å². The molecule has 0 rings (SSSR count). The molecule has 0 amide bonds. The molecule has 12 heavy (non-hydrogen) atoms. The molecule has 0 aromatic rings. The van der Waals surface area contributed by atoms with E-state index in [-0.39, 0.29) is 6.42 Å². The zero-order chi connectivity index (χ0) is 9.72. The summed E-state index contributed by atoms with van der Waals surface area (Å²) in [7, 11) is 0. The van der Waals surface area contributed by atoms with Crippen LogP contribution in [0.4, 0.5) is 0 Å². The molecule has 1 atom stereocenters. The maximum atomic E-state index is 10.6. The molecule has 0 fully saturated rings. The van der Waals surface area contributed by atoms with E-state index in [0.717, 1.165) is 6.92 Å². The first kappa shape index (κ1) is 10.5. The second-order valence-corrected chi connectivity index (χ2v) is 2.35. The topological polar surface area (TPSA) is 97.5 Å². The third kappa shape index (κ3) is 3.65. The van der Waals surface area contributed by atoms with Crippen molar-refractivity contribution in [1.82, 2.24) is 0 Å². The lowest BCUT2D eigenvalue weighted by Gasteiger charge is -2.03. The minimum absolute atomic E-state index is 0.238. The second-order valence-electron chi connectivity index (χ2n) is 2.35. The Hall–Kier alpha value is -1.46. The van der Waals surface area contributed by atoms with Crippen LogP contribution >= 0.6 is 0 Å². The van der Waals surface area contributed by atoms with Crippen molar-refractivity contribution < 1.29 is 19.6 Å². The van der Waals surface area contributed by atoms with E-state index in [1.807, 2.05) is 0 Å². The van der Waals surface area contributed by atoms with E-state index in [1.165, 1.54) is 0 Å². The number of nitro groups is 1. The van der Waals surface area contributed by atoms with Gasteiger partial charge in [-0.1, -0.05) is 0 Å². The highest BCUT2D eigenvalue weighted by Gasteiger charge is 2.24. The van der Waals surface area contributed by atoms with E-state index in [1.54, 1.807) is 0 Å². The quantitative estimate of drug-likeness (QED) is 0.358. The fourth-order valence-electron chi connectivity index (χ4n) is 0.735. The number of carbonyl (C=O) groups excluding carboxylic acids is 1. The number of rotatable bonds is 5. The van der Waals surface area contributed by atoms with Gasteiger partial charge in [0.05, 0.1) is 0 Å². The Morgan fingerprint density at radius 2 is 2.08 bits per heavy atom. The number of aliphatic carboxylic acids is 1. The smallest absolute Gasteiger partial charge is 0.314 e. The fourth-order valence-corrected chi connectivity index (χ4v) is 0.735. The van der Waals surface area contributed by atoms with Crippen molar-refractivity contribution in [2.75, 3.05) is 6.54 Å². The lowest BCUT2D eigenvalue weighted by molar-refractivity contribution is -0.481. The second kappa shape index (κ2) is 4.42. The standard InChI is InChI=1S/C6H9NO5/c1-4(8)5(6(9)10)2-3-7(11)12/h5H,2-3H2,1H3,(H,9,10). The summed E-state index contributed by atoms with van der Waals surface area (Å²) < 4.78 is 0. The van der Waals surface area contributed by atoms with Gasteiger partial charge in [0.2, 0.25) is 6.54 Å². The van der Waals surface area contributed by atoms with Crippen LogP contribution in [0, 0.1) is 16.0 Å². The summed E-state index contributed by atoms with van der Waals surface area (Å²) in [6.45, 7) is 0.620. The maximum absolute atomic E-state index is 10.6. The number of carbonyl (C=O) groups is 2. The summed E-state index contributed by atoms with van der Waals surface area (Å²) in [6.07, 6.45) is -0.238. The van der Waals surface area contributed by atoms with Gasteiger partial charge in [-0.2, -0.15) is 0 Å². The summed E-state index contributed by atoms with van der Waals surface area (Å²) >= 11 is 0. The van der Waals surface area contributed by atoms with Gasteiger partial charge >= 0.3 is 5.97 Å². The molecule has 0 aliphatic rings. The number of ketones is 1.